The van der Waals surface area contributed by atoms with E-state index in [1.807, 2.05) is 36.5 Å². The van der Waals surface area contributed by atoms with Crippen molar-refractivity contribution in [2.24, 2.45) is 0 Å². The molecule has 0 spiro atoms. The highest BCUT2D eigenvalue weighted by atomic mass is 16.6. The summed E-state index contributed by atoms with van der Waals surface area (Å²) in [6, 6.07) is 12.8. The lowest BCUT2D eigenvalue weighted by Gasteiger charge is -2.09. The summed E-state index contributed by atoms with van der Waals surface area (Å²) in [5.41, 5.74) is 2.65. The summed E-state index contributed by atoms with van der Waals surface area (Å²) in [5, 5.41) is 3.52. The van der Waals surface area contributed by atoms with Gasteiger partial charge in [0, 0.05) is 30.1 Å². The molecule has 0 aliphatic heterocycles. The molecule has 1 amide bonds. The van der Waals surface area contributed by atoms with E-state index in [9.17, 15) is 9.59 Å². The second-order valence-electron chi connectivity index (χ2n) is 6.16. The first-order chi connectivity index (χ1) is 13.6. The fourth-order valence-electron chi connectivity index (χ4n) is 2.89. The Bertz CT molecular complexity index is 963. The number of hydrogen-bond acceptors (Lipinski definition) is 5. The molecule has 0 aliphatic rings. The van der Waals surface area contributed by atoms with Gasteiger partial charge >= 0.3 is 12.1 Å². The molecule has 28 heavy (non-hydrogen) atoms. The van der Waals surface area contributed by atoms with E-state index in [0.717, 1.165) is 27.8 Å². The number of aromatic amines is 1. The average Bonchev–Trinajstić information content (AvgIpc) is 3.15. The summed E-state index contributed by atoms with van der Waals surface area (Å²) >= 11 is 0. The number of rotatable bonds is 7. The first-order valence-corrected chi connectivity index (χ1v) is 8.85. The number of carbonyl (C=O) groups is 2. The normalized spacial score (nSPS) is 10.5. The first-order valence-electron chi connectivity index (χ1n) is 8.85. The molecule has 0 fully saturated rings. The summed E-state index contributed by atoms with van der Waals surface area (Å²) in [5.74, 6) is 0.903. The Morgan fingerprint density at radius 3 is 2.57 bits per heavy atom. The number of carbonyl (C=O) groups excluding carboxylic acids is 2. The minimum absolute atomic E-state index is 0.251. The van der Waals surface area contributed by atoms with Crippen LogP contribution >= 0.6 is 0 Å². The Labute approximate surface area is 162 Å². The van der Waals surface area contributed by atoms with Crippen molar-refractivity contribution < 1.29 is 23.8 Å². The van der Waals surface area contributed by atoms with Crippen LogP contribution in [0.2, 0.25) is 0 Å². The lowest BCUT2D eigenvalue weighted by atomic mass is 10.1. The van der Waals surface area contributed by atoms with E-state index in [1.165, 1.54) is 7.11 Å². The van der Waals surface area contributed by atoms with Crippen LogP contribution in [0.1, 0.15) is 17.5 Å². The van der Waals surface area contributed by atoms with E-state index in [1.54, 1.807) is 19.2 Å². The van der Waals surface area contributed by atoms with Crippen molar-refractivity contribution in [3.8, 4) is 11.5 Å². The summed E-state index contributed by atoms with van der Waals surface area (Å²) < 4.78 is 15.3. The van der Waals surface area contributed by atoms with Gasteiger partial charge in [-0.05, 0) is 41.8 Å². The van der Waals surface area contributed by atoms with Crippen molar-refractivity contribution >= 4 is 23.0 Å². The van der Waals surface area contributed by atoms with E-state index < -0.39 is 6.09 Å². The molecule has 3 aromatic rings. The van der Waals surface area contributed by atoms with Crippen LogP contribution in [0.4, 0.5) is 4.79 Å². The topological polar surface area (TPSA) is 89.7 Å². The number of hydrogen-bond donors (Lipinski definition) is 2. The van der Waals surface area contributed by atoms with Crippen molar-refractivity contribution in [3.63, 3.8) is 0 Å². The lowest BCUT2D eigenvalue weighted by Crippen LogP contribution is -2.26. The van der Waals surface area contributed by atoms with Crippen LogP contribution in [0, 0.1) is 0 Å². The Balaban J connectivity index is 1.67. The number of amides is 1. The molecular weight excluding hydrogens is 360 g/mol. The molecule has 0 atom stereocenters. The lowest BCUT2D eigenvalue weighted by molar-refractivity contribution is -0.140. The zero-order valence-corrected chi connectivity index (χ0v) is 15.8. The highest BCUT2D eigenvalue weighted by molar-refractivity contribution is 5.91. The molecule has 7 heteroatoms. The fourth-order valence-corrected chi connectivity index (χ4v) is 2.89. The molecule has 0 saturated carbocycles. The number of methoxy groups -OCH3 is 2. The molecule has 0 aliphatic carbocycles. The number of esters is 1. The molecule has 1 aromatic heterocycles. The van der Waals surface area contributed by atoms with Gasteiger partial charge in [0.2, 0.25) is 0 Å². The van der Waals surface area contributed by atoms with Crippen molar-refractivity contribution in [3.05, 3.63) is 59.8 Å². The van der Waals surface area contributed by atoms with Gasteiger partial charge < -0.3 is 24.5 Å². The molecule has 7 nitrogen and oxygen atoms in total. The molecule has 0 bridgehead atoms. The SMILES string of the molecule is COC(=O)CCc1c[nH]c2cccc(OC(=O)NCc3ccc(OC)cc3)c12. The van der Waals surface area contributed by atoms with Crippen LogP contribution in [-0.2, 0) is 22.5 Å². The maximum Gasteiger partial charge on any atom is 0.412 e. The third-order valence-electron chi connectivity index (χ3n) is 4.37. The first kappa shape index (κ1) is 19.3. The van der Waals surface area contributed by atoms with Gasteiger partial charge in [0.05, 0.1) is 14.2 Å². The Hall–Kier alpha value is -3.48. The summed E-state index contributed by atoms with van der Waals surface area (Å²) in [7, 11) is 2.96. The van der Waals surface area contributed by atoms with E-state index in [-0.39, 0.29) is 12.4 Å². The molecule has 2 N–H and O–H groups in total. The highest BCUT2D eigenvalue weighted by Crippen LogP contribution is 2.29. The number of aryl methyl sites for hydroxylation is 1. The van der Waals surface area contributed by atoms with Crippen LogP contribution in [0.5, 0.6) is 11.5 Å². The number of aromatic nitrogens is 1. The van der Waals surface area contributed by atoms with Gasteiger partial charge in [0.15, 0.2) is 0 Å². The van der Waals surface area contributed by atoms with Crippen molar-refractivity contribution in [1.82, 2.24) is 10.3 Å². The minimum atomic E-state index is -0.552. The van der Waals surface area contributed by atoms with Crippen LogP contribution in [-0.4, -0.2) is 31.3 Å². The standard InChI is InChI=1S/C21H22N2O5/c1-26-16-9-6-14(7-10-16)12-23-21(25)28-18-5-3-4-17-20(18)15(13-22-17)8-11-19(24)27-2/h3-7,9-10,13,22H,8,11-12H2,1-2H3,(H,23,25). The quantitative estimate of drug-likeness (QED) is 0.610. The van der Waals surface area contributed by atoms with Gasteiger partial charge in [-0.25, -0.2) is 4.79 Å². The monoisotopic (exact) mass is 382 g/mol. The van der Waals surface area contributed by atoms with Crippen molar-refractivity contribution in [1.29, 1.82) is 0 Å². The smallest absolute Gasteiger partial charge is 0.412 e. The number of ether oxygens (including phenoxy) is 3. The van der Waals surface area contributed by atoms with E-state index in [4.69, 9.17) is 14.2 Å². The van der Waals surface area contributed by atoms with Crippen LogP contribution in [0.25, 0.3) is 10.9 Å². The molecule has 2 aromatic carbocycles. The Kier molecular flexibility index (Phi) is 6.16. The summed E-state index contributed by atoms with van der Waals surface area (Å²) in [4.78, 5) is 26.8. The number of nitrogens with one attached hydrogen (secondary N) is 2. The fraction of sp³-hybridized carbons (Fsp3) is 0.238. The van der Waals surface area contributed by atoms with Gasteiger partial charge in [-0.15, -0.1) is 0 Å². The minimum Gasteiger partial charge on any atom is -0.497 e. The van der Waals surface area contributed by atoms with Crippen molar-refractivity contribution in [2.45, 2.75) is 19.4 Å². The largest absolute Gasteiger partial charge is 0.497 e. The van der Waals surface area contributed by atoms with Crippen LogP contribution in [0.15, 0.2) is 48.7 Å². The third-order valence-corrected chi connectivity index (χ3v) is 4.37. The van der Waals surface area contributed by atoms with Gasteiger partial charge in [0.1, 0.15) is 11.5 Å². The molecule has 0 saturated heterocycles. The summed E-state index contributed by atoms with van der Waals surface area (Å²) in [6.07, 6.45) is 2.00. The predicted octanol–water partition coefficient (Wildman–Crippen LogP) is 3.57. The summed E-state index contributed by atoms with van der Waals surface area (Å²) in [6.45, 7) is 0.334. The van der Waals surface area contributed by atoms with E-state index in [2.05, 4.69) is 10.3 Å². The molecular formula is C21H22N2O5. The molecule has 146 valence electrons. The van der Waals surface area contributed by atoms with E-state index >= 15 is 0 Å². The second-order valence-corrected chi connectivity index (χ2v) is 6.16. The number of benzene rings is 2. The van der Waals surface area contributed by atoms with Crippen molar-refractivity contribution in [2.75, 3.05) is 14.2 Å². The zero-order chi connectivity index (χ0) is 19.9. The van der Waals surface area contributed by atoms with Gasteiger partial charge in [-0.1, -0.05) is 18.2 Å². The molecule has 3 rings (SSSR count). The highest BCUT2D eigenvalue weighted by Gasteiger charge is 2.14. The van der Waals surface area contributed by atoms with E-state index in [0.29, 0.717) is 18.7 Å². The molecule has 0 radical (unpaired) electrons. The van der Waals surface area contributed by atoms with Gasteiger partial charge in [0.25, 0.3) is 0 Å². The third kappa shape index (κ3) is 4.62. The second kappa shape index (κ2) is 8.94. The van der Waals surface area contributed by atoms with Gasteiger partial charge in [-0.2, -0.15) is 0 Å². The number of H-pyrrole nitrogens is 1. The maximum absolute atomic E-state index is 12.3. The van der Waals surface area contributed by atoms with Gasteiger partial charge in [-0.3, -0.25) is 4.79 Å². The Morgan fingerprint density at radius 1 is 1.07 bits per heavy atom. The predicted molar refractivity (Wildman–Crippen MR) is 104 cm³/mol. The Morgan fingerprint density at radius 2 is 1.86 bits per heavy atom. The zero-order valence-electron chi connectivity index (χ0n) is 15.8. The number of fused-ring (bicyclic) bond motifs is 1. The molecule has 0 unspecified atom stereocenters. The van der Waals surface area contributed by atoms with Crippen LogP contribution in [0.3, 0.4) is 0 Å². The maximum atomic E-state index is 12.3. The molecule has 1 heterocycles. The average molecular weight is 382 g/mol. The van der Waals surface area contributed by atoms with Crippen LogP contribution < -0.4 is 14.8 Å².